The van der Waals surface area contributed by atoms with Gasteiger partial charge in [-0.15, -0.1) is 0 Å². The predicted octanol–water partition coefficient (Wildman–Crippen LogP) is 3.27. The van der Waals surface area contributed by atoms with Crippen LogP contribution in [0.15, 0.2) is 6.20 Å². The summed E-state index contributed by atoms with van der Waals surface area (Å²) >= 11 is 5.22. The molecule has 0 amide bonds. The number of rotatable bonds is 1. The zero-order valence-electron chi connectivity index (χ0n) is 6.95. The number of pyridine rings is 1. The average Bonchev–Trinajstić information content (AvgIpc) is 2.06. The lowest BCUT2D eigenvalue weighted by atomic mass is 10.1. The lowest BCUT2D eigenvalue weighted by Gasteiger charge is -2.14. The zero-order chi connectivity index (χ0) is 11.8. The van der Waals surface area contributed by atoms with Gasteiger partial charge in [0.15, 0.2) is 5.15 Å². The zero-order valence-corrected chi connectivity index (χ0v) is 7.70. The Morgan fingerprint density at radius 2 is 1.87 bits per heavy atom. The number of nitrogens with two attached hydrogens (primary N) is 1. The van der Waals surface area contributed by atoms with Crippen LogP contribution in [0.3, 0.4) is 0 Å². The van der Waals surface area contributed by atoms with E-state index in [0.29, 0.717) is 6.20 Å². The molecule has 2 N–H and O–H groups in total. The lowest BCUT2D eigenvalue weighted by Crippen LogP contribution is -2.14. The quantitative estimate of drug-likeness (QED) is 0.610. The highest BCUT2D eigenvalue weighted by atomic mass is 35.5. The number of aromatic nitrogens is 1. The summed E-state index contributed by atoms with van der Waals surface area (Å²) in [4.78, 5) is 3.13. The Morgan fingerprint density at radius 1 is 1.33 bits per heavy atom. The minimum absolute atomic E-state index is 0.367. The first kappa shape index (κ1) is 12.0. The molecule has 8 heteroatoms. The third-order valence-corrected chi connectivity index (χ3v) is 1.92. The smallest absolute Gasteiger partial charge is 0.396 e. The van der Waals surface area contributed by atoms with Crippen LogP contribution in [0.4, 0.5) is 27.6 Å². The van der Waals surface area contributed by atoms with Gasteiger partial charge in [-0.25, -0.2) is 13.8 Å². The molecule has 2 nitrogen and oxygen atoms in total. The molecule has 1 aromatic rings. The summed E-state index contributed by atoms with van der Waals surface area (Å²) in [5.41, 5.74) is 1.07. The molecule has 0 atom stereocenters. The number of hydrogen-bond acceptors (Lipinski definition) is 2. The van der Waals surface area contributed by atoms with Crippen molar-refractivity contribution in [3.8, 4) is 0 Å². The summed E-state index contributed by atoms with van der Waals surface area (Å²) in [6.07, 6.45) is -7.93. The molecule has 0 aromatic carbocycles. The summed E-state index contributed by atoms with van der Waals surface area (Å²) in [5, 5.41) is -0.647. The minimum atomic E-state index is -4.98. The summed E-state index contributed by atoms with van der Waals surface area (Å²) in [5.74, 6) is 0. The number of hydrogen-bond donors (Lipinski definition) is 1. The van der Waals surface area contributed by atoms with Gasteiger partial charge in [0.2, 0.25) is 0 Å². The Morgan fingerprint density at radius 3 is 2.27 bits per heavy atom. The van der Waals surface area contributed by atoms with E-state index in [9.17, 15) is 22.0 Å². The molecule has 0 saturated carbocycles. The topological polar surface area (TPSA) is 38.9 Å². The molecule has 0 aliphatic rings. The Hall–Kier alpha value is -1.11. The van der Waals surface area contributed by atoms with E-state index in [-0.39, 0.29) is 0 Å². The molecule has 0 bridgehead atoms. The molecular formula is C7H4ClF5N2. The number of anilines is 1. The van der Waals surface area contributed by atoms with E-state index < -0.39 is 34.6 Å². The Labute approximate surface area is 85.9 Å². The summed E-state index contributed by atoms with van der Waals surface area (Å²) < 4.78 is 61.5. The second-order valence-electron chi connectivity index (χ2n) is 2.59. The molecule has 0 saturated heterocycles. The fraction of sp³-hybridized carbons (Fsp3) is 0.286. The number of nitrogens with zero attached hydrogens (tertiary/aromatic N) is 1. The van der Waals surface area contributed by atoms with E-state index in [4.69, 9.17) is 17.3 Å². The molecule has 0 unspecified atom stereocenters. The van der Waals surface area contributed by atoms with E-state index in [1.54, 1.807) is 0 Å². The minimum Gasteiger partial charge on any atom is -0.396 e. The second-order valence-corrected chi connectivity index (χ2v) is 2.95. The first-order valence-electron chi connectivity index (χ1n) is 3.54. The van der Waals surface area contributed by atoms with Gasteiger partial charge in [-0.05, 0) is 0 Å². The van der Waals surface area contributed by atoms with E-state index in [2.05, 4.69) is 4.98 Å². The van der Waals surface area contributed by atoms with Gasteiger partial charge in [-0.3, -0.25) is 0 Å². The van der Waals surface area contributed by atoms with Gasteiger partial charge in [0.25, 0.3) is 6.43 Å². The van der Waals surface area contributed by atoms with Crippen molar-refractivity contribution in [2.75, 3.05) is 5.73 Å². The third kappa shape index (κ3) is 2.28. The fourth-order valence-electron chi connectivity index (χ4n) is 1.00. The van der Waals surface area contributed by atoms with Gasteiger partial charge in [-0.1, -0.05) is 11.6 Å². The lowest BCUT2D eigenvalue weighted by molar-refractivity contribution is -0.138. The SMILES string of the molecule is Nc1c(Cl)ncc(C(F)F)c1C(F)(F)F. The van der Waals surface area contributed by atoms with Crippen molar-refractivity contribution in [1.29, 1.82) is 0 Å². The van der Waals surface area contributed by atoms with Crippen molar-refractivity contribution < 1.29 is 22.0 Å². The average molecular weight is 247 g/mol. The highest BCUT2D eigenvalue weighted by Gasteiger charge is 2.39. The van der Waals surface area contributed by atoms with Crippen LogP contribution in [-0.4, -0.2) is 4.98 Å². The molecule has 0 fully saturated rings. The Bertz CT molecular complexity index is 376. The van der Waals surface area contributed by atoms with Crippen LogP contribution in [0, 0.1) is 0 Å². The van der Waals surface area contributed by atoms with Crippen molar-refractivity contribution in [3.63, 3.8) is 0 Å². The van der Waals surface area contributed by atoms with Crippen molar-refractivity contribution in [2.24, 2.45) is 0 Å². The monoisotopic (exact) mass is 246 g/mol. The maximum Gasteiger partial charge on any atom is 0.419 e. The molecule has 84 valence electrons. The largest absolute Gasteiger partial charge is 0.419 e. The standard InChI is InChI=1S/C7H4ClF5N2/c8-5-4(14)3(7(11,12)13)2(1-15-5)6(9)10/h1,6H,14H2. The number of halogens is 6. The van der Waals surface area contributed by atoms with Gasteiger partial charge in [-0.2, -0.15) is 13.2 Å². The molecule has 0 spiro atoms. The maximum absolute atomic E-state index is 12.3. The van der Waals surface area contributed by atoms with Gasteiger partial charge in [0.05, 0.1) is 16.8 Å². The molecule has 1 aromatic heterocycles. The van der Waals surface area contributed by atoms with Crippen LogP contribution in [0.5, 0.6) is 0 Å². The summed E-state index contributed by atoms with van der Waals surface area (Å²) in [6, 6.07) is 0. The molecule has 1 heterocycles. The molecule has 0 aliphatic heterocycles. The van der Waals surface area contributed by atoms with Crippen LogP contribution in [0.25, 0.3) is 0 Å². The normalized spacial score (nSPS) is 12.2. The molecular weight excluding hydrogens is 243 g/mol. The molecule has 15 heavy (non-hydrogen) atoms. The van der Waals surface area contributed by atoms with Crippen molar-refractivity contribution in [3.05, 3.63) is 22.5 Å². The van der Waals surface area contributed by atoms with Gasteiger partial charge in [0, 0.05) is 6.20 Å². The molecule has 1 rings (SSSR count). The van der Waals surface area contributed by atoms with Crippen molar-refractivity contribution >= 4 is 17.3 Å². The summed E-state index contributed by atoms with van der Waals surface area (Å²) in [7, 11) is 0. The Balaban J connectivity index is 3.49. The van der Waals surface area contributed by atoms with Gasteiger partial charge in [0.1, 0.15) is 0 Å². The first-order valence-corrected chi connectivity index (χ1v) is 3.92. The summed E-state index contributed by atoms with van der Waals surface area (Å²) in [6.45, 7) is 0. The molecule has 0 radical (unpaired) electrons. The first-order chi connectivity index (χ1) is 6.75. The van der Waals surface area contributed by atoms with Gasteiger partial charge < -0.3 is 5.73 Å². The number of nitrogen functional groups attached to an aromatic ring is 1. The van der Waals surface area contributed by atoms with Crippen molar-refractivity contribution in [2.45, 2.75) is 12.6 Å². The highest BCUT2D eigenvalue weighted by Crippen LogP contribution is 2.41. The van der Waals surface area contributed by atoms with Crippen LogP contribution in [-0.2, 0) is 6.18 Å². The van der Waals surface area contributed by atoms with Crippen molar-refractivity contribution in [1.82, 2.24) is 4.98 Å². The Kier molecular flexibility index (Phi) is 3.03. The van der Waals surface area contributed by atoms with Crippen LogP contribution in [0.1, 0.15) is 17.6 Å². The van der Waals surface area contributed by atoms with E-state index in [1.165, 1.54) is 0 Å². The molecule has 0 aliphatic carbocycles. The van der Waals surface area contributed by atoms with Crippen LogP contribution >= 0.6 is 11.6 Å². The third-order valence-electron chi connectivity index (χ3n) is 1.62. The van der Waals surface area contributed by atoms with Gasteiger partial charge >= 0.3 is 6.18 Å². The maximum atomic E-state index is 12.3. The van der Waals surface area contributed by atoms with Crippen LogP contribution in [0.2, 0.25) is 5.15 Å². The van der Waals surface area contributed by atoms with E-state index in [1.807, 2.05) is 0 Å². The predicted molar refractivity (Wildman–Crippen MR) is 43.6 cm³/mol. The fourth-order valence-corrected chi connectivity index (χ4v) is 1.14. The second kappa shape index (κ2) is 3.80. The number of alkyl halides is 5. The van der Waals surface area contributed by atoms with E-state index >= 15 is 0 Å². The van der Waals surface area contributed by atoms with Crippen LogP contribution < -0.4 is 5.73 Å². The van der Waals surface area contributed by atoms with E-state index in [0.717, 1.165) is 0 Å². The highest BCUT2D eigenvalue weighted by molar-refractivity contribution is 6.32.